The zero-order valence-electron chi connectivity index (χ0n) is 16.9. The fraction of sp³-hybridized carbons (Fsp3) is 0.261. The lowest BCUT2D eigenvalue weighted by molar-refractivity contribution is 0.0471. The molecule has 3 rings (SSSR count). The molecule has 0 unspecified atom stereocenters. The van der Waals surface area contributed by atoms with E-state index in [1.54, 1.807) is 18.2 Å². The Morgan fingerprint density at radius 1 is 1.03 bits per heavy atom. The van der Waals surface area contributed by atoms with E-state index in [-0.39, 0.29) is 5.78 Å². The number of hydrogen-bond acceptors (Lipinski definition) is 6. The van der Waals surface area contributed by atoms with Gasteiger partial charge < -0.3 is 14.2 Å². The number of nitrogens with zero attached hydrogens (tertiary/aromatic N) is 1. The molecule has 1 heterocycles. The number of esters is 1. The third kappa shape index (κ3) is 4.06. The Kier molecular flexibility index (Phi) is 6.12. The van der Waals surface area contributed by atoms with Gasteiger partial charge in [0.05, 0.1) is 36.6 Å². The lowest BCUT2D eigenvalue weighted by Gasteiger charge is -2.14. The van der Waals surface area contributed by atoms with Crippen LogP contribution in [0.3, 0.4) is 0 Å². The highest BCUT2D eigenvalue weighted by atomic mass is 16.5. The number of aromatic nitrogens is 1. The van der Waals surface area contributed by atoms with E-state index in [9.17, 15) is 9.59 Å². The van der Waals surface area contributed by atoms with Crippen LogP contribution in [0.1, 0.15) is 38.9 Å². The second-order valence-corrected chi connectivity index (χ2v) is 6.49. The van der Waals surface area contributed by atoms with Gasteiger partial charge in [0, 0.05) is 11.5 Å². The van der Waals surface area contributed by atoms with Crippen LogP contribution in [0.4, 0.5) is 0 Å². The van der Waals surface area contributed by atoms with Crippen molar-refractivity contribution in [2.75, 3.05) is 20.8 Å². The highest BCUT2D eigenvalue weighted by Gasteiger charge is 2.21. The lowest BCUT2D eigenvalue weighted by atomic mass is 10.0. The molecule has 6 nitrogen and oxygen atoms in total. The minimum atomic E-state index is -0.557. The van der Waals surface area contributed by atoms with Crippen LogP contribution < -0.4 is 9.47 Å². The van der Waals surface area contributed by atoms with Crippen LogP contribution >= 0.6 is 0 Å². The molecule has 0 saturated carbocycles. The van der Waals surface area contributed by atoms with Crippen LogP contribution in [0.2, 0.25) is 0 Å². The molecular weight excluding hydrogens is 370 g/mol. The van der Waals surface area contributed by atoms with Crippen molar-refractivity contribution in [2.24, 2.45) is 0 Å². The molecule has 0 fully saturated rings. The van der Waals surface area contributed by atoms with E-state index in [2.05, 4.69) is 4.98 Å². The molecule has 0 spiro atoms. The first kappa shape index (κ1) is 20.3. The molecular formula is C23H23NO5. The van der Waals surface area contributed by atoms with Crippen LogP contribution in [0.5, 0.6) is 11.5 Å². The average Bonchev–Trinajstić information content (AvgIpc) is 2.76. The summed E-state index contributed by atoms with van der Waals surface area (Å²) in [5.74, 6) is 0.0183. The predicted molar refractivity (Wildman–Crippen MR) is 110 cm³/mol. The Hall–Kier alpha value is -3.41. The summed E-state index contributed by atoms with van der Waals surface area (Å²) in [7, 11) is 3.00. The van der Waals surface area contributed by atoms with Crippen molar-refractivity contribution >= 4 is 22.7 Å². The molecule has 0 saturated heterocycles. The minimum Gasteiger partial charge on any atom is -0.497 e. The van der Waals surface area contributed by atoms with E-state index in [4.69, 9.17) is 14.2 Å². The summed E-state index contributed by atoms with van der Waals surface area (Å²) < 4.78 is 15.7. The summed E-state index contributed by atoms with van der Waals surface area (Å²) in [4.78, 5) is 30.0. The number of aryl methyl sites for hydroxylation is 2. The minimum absolute atomic E-state index is 0.324. The third-order valence-electron chi connectivity index (χ3n) is 4.81. The zero-order valence-corrected chi connectivity index (χ0v) is 16.9. The second kappa shape index (κ2) is 8.73. The number of rotatable bonds is 7. The van der Waals surface area contributed by atoms with Crippen molar-refractivity contribution in [1.82, 2.24) is 4.98 Å². The van der Waals surface area contributed by atoms with Gasteiger partial charge in [-0.1, -0.05) is 25.1 Å². The molecule has 0 aliphatic rings. The zero-order chi connectivity index (χ0) is 21.0. The molecule has 150 valence electrons. The summed E-state index contributed by atoms with van der Waals surface area (Å²) >= 11 is 0. The molecule has 2 aromatic carbocycles. The van der Waals surface area contributed by atoms with Gasteiger partial charge in [-0.25, -0.2) is 4.79 Å². The first-order valence-corrected chi connectivity index (χ1v) is 9.30. The van der Waals surface area contributed by atoms with E-state index >= 15 is 0 Å². The molecule has 0 aliphatic carbocycles. The smallest absolute Gasteiger partial charge is 0.340 e. The molecule has 0 atom stereocenters. The monoisotopic (exact) mass is 393 g/mol. The summed E-state index contributed by atoms with van der Waals surface area (Å²) in [6.07, 6.45) is 0.580. The Balaban J connectivity index is 1.84. The first-order chi connectivity index (χ1) is 14.0. The average molecular weight is 393 g/mol. The van der Waals surface area contributed by atoms with Crippen LogP contribution in [0.15, 0.2) is 42.5 Å². The number of Topliss-reactive ketones (excluding diaryl/α,β-unsaturated/α-hetero) is 1. The Morgan fingerprint density at radius 2 is 1.79 bits per heavy atom. The van der Waals surface area contributed by atoms with Gasteiger partial charge in [0.15, 0.2) is 6.61 Å². The van der Waals surface area contributed by atoms with Crippen molar-refractivity contribution in [3.05, 3.63) is 64.8 Å². The second-order valence-electron chi connectivity index (χ2n) is 6.49. The number of fused-ring (bicyclic) bond motifs is 1. The SMILES string of the molecule is CCc1nc2ccccc2c(C)c1C(=O)OCC(=O)c1ccc(OC)cc1OC. The number of methoxy groups -OCH3 is 2. The van der Waals surface area contributed by atoms with Gasteiger partial charge in [0.2, 0.25) is 5.78 Å². The normalized spacial score (nSPS) is 10.6. The highest BCUT2D eigenvalue weighted by molar-refractivity contribution is 6.03. The maximum absolute atomic E-state index is 12.8. The summed E-state index contributed by atoms with van der Waals surface area (Å²) in [5.41, 5.74) is 3.02. The number of carbonyl (C=O) groups is 2. The number of ether oxygens (including phenoxy) is 3. The summed E-state index contributed by atoms with van der Waals surface area (Å²) in [6, 6.07) is 12.5. The topological polar surface area (TPSA) is 74.7 Å². The first-order valence-electron chi connectivity index (χ1n) is 9.30. The summed E-state index contributed by atoms with van der Waals surface area (Å²) in [6.45, 7) is 3.41. The standard InChI is InChI=1S/C23H23NO5/c1-5-18-22(14(2)16-8-6-7-9-19(16)24-18)23(26)29-13-20(25)17-11-10-15(27-3)12-21(17)28-4/h6-12H,5,13H2,1-4H3. The molecule has 29 heavy (non-hydrogen) atoms. The lowest BCUT2D eigenvalue weighted by Crippen LogP contribution is -2.18. The molecule has 1 aromatic heterocycles. The fourth-order valence-electron chi connectivity index (χ4n) is 3.28. The quantitative estimate of drug-likeness (QED) is 0.443. The Labute approximate surface area is 169 Å². The van der Waals surface area contributed by atoms with Crippen LogP contribution in [0.25, 0.3) is 10.9 Å². The molecule has 0 radical (unpaired) electrons. The van der Waals surface area contributed by atoms with Gasteiger partial charge in [0.1, 0.15) is 11.5 Å². The fourth-order valence-corrected chi connectivity index (χ4v) is 3.28. The molecule has 0 N–H and O–H groups in total. The van der Waals surface area contributed by atoms with Gasteiger partial charge >= 0.3 is 5.97 Å². The van der Waals surface area contributed by atoms with Crippen LogP contribution in [-0.4, -0.2) is 37.6 Å². The van der Waals surface area contributed by atoms with E-state index in [1.165, 1.54) is 14.2 Å². The molecule has 6 heteroatoms. The van der Waals surface area contributed by atoms with E-state index in [1.807, 2.05) is 38.1 Å². The number of para-hydroxylation sites is 1. The summed E-state index contributed by atoms with van der Waals surface area (Å²) in [5, 5.41) is 0.889. The van der Waals surface area contributed by atoms with Crippen molar-refractivity contribution in [3.63, 3.8) is 0 Å². The maximum Gasteiger partial charge on any atom is 0.340 e. The molecule has 0 amide bonds. The van der Waals surface area contributed by atoms with Crippen LogP contribution in [-0.2, 0) is 11.2 Å². The largest absolute Gasteiger partial charge is 0.497 e. The maximum atomic E-state index is 12.8. The van der Waals surface area contributed by atoms with Gasteiger partial charge in [-0.05, 0) is 37.1 Å². The van der Waals surface area contributed by atoms with Gasteiger partial charge in [0.25, 0.3) is 0 Å². The predicted octanol–water partition coefficient (Wildman–Crippen LogP) is 4.16. The highest BCUT2D eigenvalue weighted by Crippen LogP contribution is 2.26. The van der Waals surface area contributed by atoms with E-state index < -0.39 is 12.6 Å². The van der Waals surface area contributed by atoms with Gasteiger partial charge in [-0.3, -0.25) is 9.78 Å². The van der Waals surface area contributed by atoms with Gasteiger partial charge in [-0.2, -0.15) is 0 Å². The number of benzene rings is 2. The van der Waals surface area contributed by atoms with Crippen molar-refractivity contribution < 1.29 is 23.8 Å². The van der Waals surface area contributed by atoms with E-state index in [0.717, 1.165) is 16.5 Å². The number of carbonyl (C=O) groups excluding carboxylic acids is 2. The Bertz CT molecular complexity index is 1070. The van der Waals surface area contributed by atoms with E-state index in [0.29, 0.717) is 34.7 Å². The molecule has 0 bridgehead atoms. The van der Waals surface area contributed by atoms with Crippen molar-refractivity contribution in [3.8, 4) is 11.5 Å². The Morgan fingerprint density at radius 3 is 2.48 bits per heavy atom. The number of ketones is 1. The van der Waals surface area contributed by atoms with Crippen molar-refractivity contribution in [2.45, 2.75) is 20.3 Å². The van der Waals surface area contributed by atoms with Crippen LogP contribution in [0, 0.1) is 6.92 Å². The molecule has 0 aliphatic heterocycles. The molecule has 3 aromatic rings. The van der Waals surface area contributed by atoms with Crippen molar-refractivity contribution in [1.29, 1.82) is 0 Å². The third-order valence-corrected chi connectivity index (χ3v) is 4.81. The number of hydrogen-bond donors (Lipinski definition) is 0. The number of pyridine rings is 1. The van der Waals surface area contributed by atoms with Gasteiger partial charge in [-0.15, -0.1) is 0 Å².